The number of likely N-dealkylation sites (tertiary alicyclic amines) is 1. The van der Waals surface area contributed by atoms with Crippen LogP contribution in [0.2, 0.25) is 0 Å². The summed E-state index contributed by atoms with van der Waals surface area (Å²) in [4.78, 5) is 1.71. The highest BCUT2D eigenvalue weighted by Gasteiger charge is 2.38. The minimum atomic E-state index is -2.51. The number of alkyl halides is 2. The van der Waals surface area contributed by atoms with Gasteiger partial charge in [-0.05, 0) is 11.8 Å². The summed E-state index contributed by atoms with van der Waals surface area (Å²) >= 11 is 0. The largest absolute Gasteiger partial charge is 0.369 e. The molecule has 1 fully saturated rings. The normalized spacial score (nSPS) is 21.4. The van der Waals surface area contributed by atoms with Crippen LogP contribution in [0.1, 0.15) is 33.6 Å². The fourth-order valence-electron chi connectivity index (χ4n) is 1.73. The fraction of sp³-hybridized carbons (Fsp3) is 0.818. The molecule has 0 bridgehead atoms. The molecule has 1 saturated heterocycles. The molecule has 3 heteroatoms. The van der Waals surface area contributed by atoms with E-state index in [1.807, 2.05) is 0 Å². The summed E-state index contributed by atoms with van der Waals surface area (Å²) in [6.45, 7) is 10.4. The molecule has 0 unspecified atom stereocenters. The van der Waals surface area contributed by atoms with E-state index in [0.717, 1.165) is 12.1 Å². The molecule has 0 atom stereocenters. The summed E-state index contributed by atoms with van der Waals surface area (Å²) in [7, 11) is 0. The van der Waals surface area contributed by atoms with Crippen molar-refractivity contribution in [3.63, 3.8) is 0 Å². The second-order valence-electron chi connectivity index (χ2n) is 5.33. The van der Waals surface area contributed by atoms with Crippen molar-refractivity contribution in [2.75, 3.05) is 13.1 Å². The molecular formula is C11H19F2N. The Bertz CT molecular complexity index is 228. The van der Waals surface area contributed by atoms with Crippen LogP contribution >= 0.6 is 0 Å². The Morgan fingerprint density at radius 3 is 2.36 bits per heavy atom. The highest BCUT2D eigenvalue weighted by atomic mass is 19.3. The lowest BCUT2D eigenvalue weighted by atomic mass is 9.90. The molecule has 82 valence electrons. The van der Waals surface area contributed by atoms with Crippen molar-refractivity contribution in [1.82, 2.24) is 4.90 Å². The monoisotopic (exact) mass is 203 g/mol. The molecule has 0 aromatic rings. The Morgan fingerprint density at radius 1 is 1.43 bits per heavy atom. The highest BCUT2D eigenvalue weighted by molar-refractivity contribution is 5.02. The van der Waals surface area contributed by atoms with E-state index in [-0.39, 0.29) is 18.4 Å². The summed E-state index contributed by atoms with van der Waals surface area (Å²) in [5.41, 5.74) is 0.962. The molecule has 0 aliphatic carbocycles. The lowest BCUT2D eigenvalue weighted by Crippen LogP contribution is -2.26. The Balaban J connectivity index is 2.48. The van der Waals surface area contributed by atoms with Crippen LogP contribution in [0.4, 0.5) is 8.78 Å². The zero-order valence-electron chi connectivity index (χ0n) is 9.24. The quantitative estimate of drug-likeness (QED) is 0.665. The number of rotatable bonds is 2. The van der Waals surface area contributed by atoms with E-state index in [0.29, 0.717) is 6.54 Å². The van der Waals surface area contributed by atoms with Gasteiger partial charge in [0.15, 0.2) is 0 Å². The second kappa shape index (κ2) is 3.52. The van der Waals surface area contributed by atoms with Crippen LogP contribution in [-0.4, -0.2) is 23.9 Å². The molecule has 0 amide bonds. The lowest BCUT2D eigenvalue weighted by Gasteiger charge is -2.27. The van der Waals surface area contributed by atoms with E-state index in [9.17, 15) is 8.78 Å². The molecule has 0 N–H and O–H groups in total. The Hall–Kier alpha value is -0.600. The average molecular weight is 203 g/mol. The molecule has 1 aliphatic heterocycles. The van der Waals surface area contributed by atoms with E-state index in [1.54, 1.807) is 4.90 Å². The highest BCUT2D eigenvalue weighted by Crippen LogP contribution is 2.32. The van der Waals surface area contributed by atoms with Crippen LogP contribution in [0.15, 0.2) is 12.3 Å². The molecule has 1 aliphatic rings. The van der Waals surface area contributed by atoms with Gasteiger partial charge >= 0.3 is 0 Å². The van der Waals surface area contributed by atoms with Gasteiger partial charge in [-0.3, -0.25) is 0 Å². The van der Waals surface area contributed by atoms with Crippen molar-refractivity contribution in [3.05, 3.63) is 12.3 Å². The molecule has 0 spiro atoms. The third-order valence-electron chi connectivity index (χ3n) is 2.35. The van der Waals surface area contributed by atoms with Gasteiger partial charge in [0, 0.05) is 18.7 Å². The van der Waals surface area contributed by atoms with E-state index < -0.39 is 5.92 Å². The average Bonchev–Trinajstić information content (AvgIpc) is 2.26. The van der Waals surface area contributed by atoms with Gasteiger partial charge in [-0.25, -0.2) is 8.78 Å². The topological polar surface area (TPSA) is 3.24 Å². The van der Waals surface area contributed by atoms with Crippen molar-refractivity contribution in [2.24, 2.45) is 5.41 Å². The second-order valence-corrected chi connectivity index (χ2v) is 5.33. The van der Waals surface area contributed by atoms with Crippen LogP contribution in [0.3, 0.4) is 0 Å². The van der Waals surface area contributed by atoms with Gasteiger partial charge in [0.2, 0.25) is 0 Å². The van der Waals surface area contributed by atoms with E-state index >= 15 is 0 Å². The van der Waals surface area contributed by atoms with Gasteiger partial charge in [0.25, 0.3) is 5.92 Å². The maximum Gasteiger partial charge on any atom is 0.266 e. The summed E-state index contributed by atoms with van der Waals surface area (Å²) in [6, 6.07) is 0. The predicted molar refractivity (Wildman–Crippen MR) is 54.3 cm³/mol. The number of allylic oxidation sites excluding steroid dienone is 1. The number of hydrogen-bond acceptors (Lipinski definition) is 1. The molecule has 1 rings (SSSR count). The fourth-order valence-corrected chi connectivity index (χ4v) is 1.73. The number of hydrogen-bond donors (Lipinski definition) is 0. The van der Waals surface area contributed by atoms with E-state index in [4.69, 9.17) is 0 Å². The first-order valence-corrected chi connectivity index (χ1v) is 5.00. The van der Waals surface area contributed by atoms with Crippen molar-refractivity contribution in [1.29, 1.82) is 0 Å². The Labute approximate surface area is 84.8 Å². The summed E-state index contributed by atoms with van der Waals surface area (Å²) in [5, 5.41) is 0. The van der Waals surface area contributed by atoms with Gasteiger partial charge in [-0.15, -0.1) is 0 Å². The molecule has 0 aromatic carbocycles. The third kappa shape index (κ3) is 3.28. The number of halogens is 2. The molecule has 1 nitrogen and oxygen atoms in total. The zero-order chi connectivity index (χ0) is 11.0. The summed E-state index contributed by atoms with van der Waals surface area (Å²) in [6.07, 6.45) is 0.749. The summed E-state index contributed by atoms with van der Waals surface area (Å²) in [5.74, 6) is -2.51. The first kappa shape index (κ1) is 11.5. The molecule has 14 heavy (non-hydrogen) atoms. The van der Waals surface area contributed by atoms with Crippen molar-refractivity contribution >= 4 is 0 Å². The van der Waals surface area contributed by atoms with Crippen LogP contribution in [0.5, 0.6) is 0 Å². The van der Waals surface area contributed by atoms with Gasteiger partial charge in [0.1, 0.15) is 0 Å². The van der Waals surface area contributed by atoms with Crippen LogP contribution < -0.4 is 0 Å². The smallest absolute Gasteiger partial charge is 0.266 e. The molecule has 0 aromatic heterocycles. The first-order chi connectivity index (χ1) is 6.20. The van der Waals surface area contributed by atoms with Gasteiger partial charge in [-0.1, -0.05) is 27.4 Å². The minimum Gasteiger partial charge on any atom is -0.369 e. The summed E-state index contributed by atoms with van der Waals surface area (Å²) < 4.78 is 25.8. The van der Waals surface area contributed by atoms with E-state index in [2.05, 4.69) is 27.4 Å². The SMILES string of the molecule is C=C(CC(C)(C)C)N1CCC(F)(F)C1. The lowest BCUT2D eigenvalue weighted by molar-refractivity contribution is 0.0145. The first-order valence-electron chi connectivity index (χ1n) is 5.00. The number of nitrogens with zero attached hydrogens (tertiary/aromatic N) is 1. The van der Waals surface area contributed by atoms with Gasteiger partial charge in [-0.2, -0.15) is 0 Å². The van der Waals surface area contributed by atoms with Crippen molar-refractivity contribution in [3.8, 4) is 0 Å². The van der Waals surface area contributed by atoms with Crippen LogP contribution in [0, 0.1) is 5.41 Å². The minimum absolute atomic E-state index is 0.0316. The van der Waals surface area contributed by atoms with Crippen LogP contribution in [-0.2, 0) is 0 Å². The maximum atomic E-state index is 12.9. The van der Waals surface area contributed by atoms with E-state index in [1.165, 1.54) is 0 Å². The standard InChI is InChI=1S/C11H19F2N/c1-9(7-10(2,3)4)14-6-5-11(12,13)8-14/h1,5-8H2,2-4H3. The Morgan fingerprint density at radius 2 is 2.00 bits per heavy atom. The zero-order valence-corrected chi connectivity index (χ0v) is 9.24. The molecule has 0 saturated carbocycles. The van der Waals surface area contributed by atoms with Crippen molar-refractivity contribution in [2.45, 2.75) is 39.5 Å². The van der Waals surface area contributed by atoms with Gasteiger partial charge < -0.3 is 4.90 Å². The van der Waals surface area contributed by atoms with Gasteiger partial charge in [0.05, 0.1) is 6.54 Å². The molecule has 1 heterocycles. The van der Waals surface area contributed by atoms with Crippen molar-refractivity contribution < 1.29 is 8.78 Å². The third-order valence-corrected chi connectivity index (χ3v) is 2.35. The van der Waals surface area contributed by atoms with Crippen LogP contribution in [0.25, 0.3) is 0 Å². The predicted octanol–water partition coefficient (Wildman–Crippen LogP) is 3.28. The maximum absolute atomic E-state index is 12.9. The molecule has 0 radical (unpaired) electrons. The molecular weight excluding hydrogens is 184 g/mol. The Kier molecular flexibility index (Phi) is 2.88.